The summed E-state index contributed by atoms with van der Waals surface area (Å²) < 4.78 is 41.0. The lowest BCUT2D eigenvalue weighted by molar-refractivity contribution is -0.274. The zero-order valence-electron chi connectivity index (χ0n) is 22.3. The SMILES string of the molecule is CC(/C=N/N=C1\SCC(=O)N1c1ccccc1C(C)C)=C\c1ccc(N(C)c2ccc(OC(F)(F)F)cc2)nn1. The maximum absolute atomic E-state index is 12.6. The fourth-order valence-corrected chi connectivity index (χ4v) is 4.70. The topological polar surface area (TPSA) is 83.3 Å². The van der Waals surface area contributed by atoms with E-state index in [0.717, 1.165) is 16.8 Å². The molecule has 0 bridgehead atoms. The second kappa shape index (κ2) is 12.3. The van der Waals surface area contributed by atoms with E-state index in [1.165, 1.54) is 36.0 Å². The number of hydrogen-bond donors (Lipinski definition) is 0. The smallest absolute Gasteiger partial charge is 0.406 e. The summed E-state index contributed by atoms with van der Waals surface area (Å²) in [5, 5.41) is 17.4. The van der Waals surface area contributed by atoms with E-state index >= 15 is 0 Å². The number of thioether (sulfide) groups is 1. The van der Waals surface area contributed by atoms with E-state index in [2.05, 4.69) is 39.0 Å². The van der Waals surface area contributed by atoms with Crippen LogP contribution in [-0.4, -0.2) is 46.6 Å². The number of benzene rings is 2. The van der Waals surface area contributed by atoms with E-state index < -0.39 is 6.36 Å². The van der Waals surface area contributed by atoms with Gasteiger partial charge >= 0.3 is 6.36 Å². The van der Waals surface area contributed by atoms with Crippen molar-refractivity contribution in [3.05, 3.63) is 77.5 Å². The zero-order valence-corrected chi connectivity index (χ0v) is 23.1. The molecule has 1 aliphatic rings. The second-order valence-electron chi connectivity index (χ2n) is 9.16. The molecule has 40 heavy (non-hydrogen) atoms. The number of carbonyl (C=O) groups excluding carboxylic acids is 1. The van der Waals surface area contributed by atoms with Gasteiger partial charge in [-0.25, -0.2) is 0 Å². The number of anilines is 3. The van der Waals surface area contributed by atoms with Crippen molar-refractivity contribution in [3.63, 3.8) is 0 Å². The fraction of sp³-hybridized carbons (Fsp3) is 0.250. The van der Waals surface area contributed by atoms with Gasteiger partial charge in [-0.15, -0.1) is 28.5 Å². The summed E-state index contributed by atoms with van der Waals surface area (Å²) in [6, 6.07) is 16.8. The van der Waals surface area contributed by atoms with Crippen LogP contribution in [0.2, 0.25) is 0 Å². The summed E-state index contributed by atoms with van der Waals surface area (Å²) in [5.41, 5.74) is 3.85. The third-order valence-corrected chi connectivity index (χ3v) is 6.73. The molecule has 0 N–H and O–H groups in total. The summed E-state index contributed by atoms with van der Waals surface area (Å²) in [6.07, 6.45) is -1.38. The number of halogens is 3. The highest BCUT2D eigenvalue weighted by atomic mass is 32.2. The van der Waals surface area contributed by atoms with Crippen LogP contribution < -0.4 is 14.5 Å². The molecular formula is C28H27F3N6O2S. The van der Waals surface area contributed by atoms with E-state index in [9.17, 15) is 18.0 Å². The van der Waals surface area contributed by atoms with E-state index in [1.54, 1.807) is 41.3 Å². The standard InChI is InChI=1S/C28H27F3N6O2S/c1-18(2)23-7-5-6-8-24(23)37-26(38)17-40-27(37)35-32-16-19(3)15-20-9-14-25(34-33-20)36(4)21-10-12-22(13-11-21)39-28(29,30)31/h5-16,18H,17H2,1-4H3/b19-15+,32-16+,35-27-. The van der Waals surface area contributed by atoms with Crippen molar-refractivity contribution in [2.24, 2.45) is 10.2 Å². The summed E-state index contributed by atoms with van der Waals surface area (Å²) in [6.45, 7) is 6.00. The molecule has 0 atom stereocenters. The van der Waals surface area contributed by atoms with Gasteiger partial charge in [0.2, 0.25) is 5.91 Å². The van der Waals surface area contributed by atoms with Gasteiger partial charge in [0, 0.05) is 12.7 Å². The molecular weight excluding hydrogens is 541 g/mol. The minimum Gasteiger partial charge on any atom is -0.406 e. The number of allylic oxidation sites excluding steroid dienone is 1. The Kier molecular flexibility index (Phi) is 8.88. The van der Waals surface area contributed by atoms with E-state index in [4.69, 9.17) is 0 Å². The quantitative estimate of drug-likeness (QED) is 0.220. The normalized spacial score (nSPS) is 15.5. The molecule has 1 saturated heterocycles. The molecule has 0 aliphatic carbocycles. The third-order valence-electron chi connectivity index (χ3n) is 5.82. The van der Waals surface area contributed by atoms with Crippen LogP contribution in [0.4, 0.5) is 30.4 Å². The zero-order chi connectivity index (χ0) is 28.9. The molecule has 1 aliphatic heterocycles. The Labute approximate surface area is 234 Å². The minimum absolute atomic E-state index is 0.0368. The molecule has 8 nitrogen and oxygen atoms in total. The average Bonchev–Trinajstić information content (AvgIpc) is 3.28. The summed E-state index contributed by atoms with van der Waals surface area (Å²) in [4.78, 5) is 15.9. The van der Waals surface area contributed by atoms with E-state index in [1.807, 2.05) is 31.2 Å². The number of amidine groups is 1. The van der Waals surface area contributed by atoms with Gasteiger partial charge in [-0.05, 0) is 72.5 Å². The monoisotopic (exact) mass is 568 g/mol. The number of rotatable bonds is 8. The Morgan fingerprint density at radius 1 is 1.10 bits per heavy atom. The van der Waals surface area contributed by atoms with Crippen LogP contribution in [0.3, 0.4) is 0 Å². The van der Waals surface area contributed by atoms with Gasteiger partial charge in [0.1, 0.15) is 5.75 Å². The maximum atomic E-state index is 12.6. The number of para-hydroxylation sites is 1. The Balaban J connectivity index is 1.43. The lowest BCUT2D eigenvalue weighted by Gasteiger charge is -2.20. The summed E-state index contributed by atoms with van der Waals surface area (Å²) in [5.74, 6) is 0.714. The molecule has 2 aromatic carbocycles. The first-order valence-electron chi connectivity index (χ1n) is 12.3. The molecule has 1 amide bonds. The van der Waals surface area contributed by atoms with Crippen LogP contribution in [0.1, 0.15) is 37.9 Å². The van der Waals surface area contributed by atoms with E-state index in [-0.39, 0.29) is 17.6 Å². The number of carbonyl (C=O) groups is 1. The van der Waals surface area contributed by atoms with Gasteiger partial charge in [-0.1, -0.05) is 43.8 Å². The summed E-state index contributed by atoms with van der Waals surface area (Å²) in [7, 11) is 1.73. The second-order valence-corrected chi connectivity index (χ2v) is 10.1. The lowest BCUT2D eigenvalue weighted by Crippen LogP contribution is -2.30. The maximum Gasteiger partial charge on any atom is 0.573 e. The Bertz CT molecular complexity index is 1440. The third kappa shape index (κ3) is 7.26. The van der Waals surface area contributed by atoms with Crippen LogP contribution in [-0.2, 0) is 4.79 Å². The Hall–Kier alpha value is -4.19. The fourth-order valence-electron chi connectivity index (χ4n) is 3.89. The van der Waals surface area contributed by atoms with Crippen LogP contribution in [0.25, 0.3) is 6.08 Å². The van der Waals surface area contributed by atoms with Gasteiger partial charge in [0.15, 0.2) is 11.0 Å². The van der Waals surface area contributed by atoms with Crippen molar-refractivity contribution in [2.75, 3.05) is 22.6 Å². The van der Waals surface area contributed by atoms with E-state index in [0.29, 0.717) is 28.1 Å². The number of amides is 1. The summed E-state index contributed by atoms with van der Waals surface area (Å²) >= 11 is 1.34. The predicted molar refractivity (Wildman–Crippen MR) is 153 cm³/mol. The predicted octanol–water partition coefficient (Wildman–Crippen LogP) is 6.79. The molecule has 4 rings (SSSR count). The van der Waals surface area contributed by atoms with Gasteiger partial charge in [0.25, 0.3) is 0 Å². The van der Waals surface area contributed by atoms with Crippen LogP contribution in [0.5, 0.6) is 5.75 Å². The number of ether oxygens (including phenoxy) is 1. The molecule has 0 unspecified atom stereocenters. The Morgan fingerprint density at radius 3 is 2.48 bits per heavy atom. The highest BCUT2D eigenvalue weighted by Gasteiger charge is 2.32. The highest BCUT2D eigenvalue weighted by molar-refractivity contribution is 8.15. The Morgan fingerprint density at radius 2 is 1.82 bits per heavy atom. The first kappa shape index (κ1) is 28.8. The lowest BCUT2D eigenvalue weighted by atomic mass is 10.0. The van der Waals surface area contributed by atoms with Crippen LogP contribution in [0, 0.1) is 0 Å². The molecule has 0 radical (unpaired) electrons. The van der Waals surface area contributed by atoms with Crippen molar-refractivity contribution in [1.29, 1.82) is 0 Å². The number of nitrogens with zero attached hydrogens (tertiary/aromatic N) is 6. The molecule has 3 aromatic rings. The minimum atomic E-state index is -4.74. The van der Waals surface area contributed by atoms with Crippen molar-refractivity contribution < 1.29 is 22.7 Å². The van der Waals surface area contributed by atoms with Gasteiger partial charge in [-0.3, -0.25) is 9.69 Å². The van der Waals surface area contributed by atoms with Gasteiger partial charge < -0.3 is 9.64 Å². The number of alkyl halides is 3. The average molecular weight is 569 g/mol. The van der Waals surface area contributed by atoms with Crippen molar-refractivity contribution >= 4 is 52.3 Å². The van der Waals surface area contributed by atoms with Crippen LogP contribution in [0.15, 0.2) is 76.4 Å². The van der Waals surface area contributed by atoms with Crippen LogP contribution >= 0.6 is 11.8 Å². The molecule has 0 saturated carbocycles. The molecule has 2 heterocycles. The van der Waals surface area contributed by atoms with Crippen molar-refractivity contribution in [2.45, 2.75) is 33.1 Å². The largest absolute Gasteiger partial charge is 0.573 e. The van der Waals surface area contributed by atoms with Crippen molar-refractivity contribution in [3.8, 4) is 5.75 Å². The molecule has 208 valence electrons. The first-order chi connectivity index (χ1) is 19.0. The van der Waals surface area contributed by atoms with Crippen molar-refractivity contribution in [1.82, 2.24) is 10.2 Å². The molecule has 12 heteroatoms. The molecule has 0 spiro atoms. The molecule has 1 fully saturated rings. The first-order valence-corrected chi connectivity index (χ1v) is 13.3. The molecule has 1 aromatic heterocycles. The van der Waals surface area contributed by atoms with Gasteiger partial charge in [0.05, 0.1) is 23.3 Å². The van der Waals surface area contributed by atoms with Gasteiger partial charge in [-0.2, -0.15) is 5.10 Å². The number of aromatic nitrogens is 2. The number of hydrogen-bond acceptors (Lipinski definition) is 8. The highest BCUT2D eigenvalue weighted by Crippen LogP contribution is 2.33.